The van der Waals surface area contributed by atoms with Crippen LogP contribution in [-0.4, -0.2) is 40.3 Å². The highest BCUT2D eigenvalue weighted by Gasteiger charge is 2.50. The van der Waals surface area contributed by atoms with E-state index in [2.05, 4.69) is 41.3 Å². The smallest absolute Gasteiger partial charge is 0.115 e. The van der Waals surface area contributed by atoms with Crippen LogP contribution < -0.4 is 0 Å². The van der Waals surface area contributed by atoms with E-state index in [0.29, 0.717) is 5.75 Å². The van der Waals surface area contributed by atoms with Gasteiger partial charge >= 0.3 is 0 Å². The molecule has 1 saturated carbocycles. The first-order valence-corrected chi connectivity index (χ1v) is 9.45. The number of aromatic hydroxyl groups is 1. The Morgan fingerprint density at radius 2 is 1.88 bits per heavy atom. The average molecular weight is 337 g/mol. The van der Waals surface area contributed by atoms with Gasteiger partial charge in [0.1, 0.15) is 5.75 Å². The van der Waals surface area contributed by atoms with Gasteiger partial charge < -0.3 is 10.2 Å². The Balaban J connectivity index is 1.52. The molecule has 3 atom stereocenters. The van der Waals surface area contributed by atoms with Crippen LogP contribution in [0.5, 0.6) is 5.75 Å². The molecule has 0 radical (unpaired) electrons. The van der Waals surface area contributed by atoms with Crippen molar-refractivity contribution in [3.05, 3.63) is 65.7 Å². The van der Waals surface area contributed by atoms with Gasteiger partial charge in [-0.3, -0.25) is 4.90 Å². The number of benzene rings is 2. The molecule has 3 nitrogen and oxygen atoms in total. The third-order valence-corrected chi connectivity index (χ3v) is 6.32. The van der Waals surface area contributed by atoms with Crippen LogP contribution in [0.2, 0.25) is 0 Å². The number of aliphatic hydroxyl groups is 1. The maximum Gasteiger partial charge on any atom is 0.115 e. The molecule has 0 aromatic heterocycles. The highest BCUT2D eigenvalue weighted by Crippen LogP contribution is 2.47. The van der Waals surface area contributed by atoms with E-state index >= 15 is 0 Å². The summed E-state index contributed by atoms with van der Waals surface area (Å²) in [6.07, 6.45) is 4.86. The Labute approximate surface area is 149 Å². The predicted octanol–water partition coefficient (Wildman–Crippen LogP) is 3.49. The van der Waals surface area contributed by atoms with E-state index in [1.807, 2.05) is 12.1 Å². The van der Waals surface area contributed by atoms with Gasteiger partial charge in [-0.1, -0.05) is 48.9 Å². The van der Waals surface area contributed by atoms with Crippen molar-refractivity contribution in [1.29, 1.82) is 0 Å². The molecule has 25 heavy (non-hydrogen) atoms. The quantitative estimate of drug-likeness (QED) is 0.897. The first kappa shape index (κ1) is 16.6. The Morgan fingerprint density at radius 1 is 1.04 bits per heavy atom. The zero-order chi connectivity index (χ0) is 17.3. The van der Waals surface area contributed by atoms with Gasteiger partial charge in [0, 0.05) is 18.0 Å². The molecule has 2 aromatic carbocycles. The van der Waals surface area contributed by atoms with Crippen LogP contribution in [0.1, 0.15) is 36.8 Å². The van der Waals surface area contributed by atoms with Gasteiger partial charge in [0.2, 0.25) is 0 Å². The minimum absolute atomic E-state index is 0.190. The normalized spacial score (nSPS) is 29.5. The van der Waals surface area contributed by atoms with E-state index in [4.69, 9.17) is 0 Å². The first-order valence-electron chi connectivity index (χ1n) is 9.45. The number of phenolic OH excluding ortho intramolecular Hbond substituents is 1. The summed E-state index contributed by atoms with van der Waals surface area (Å²) in [6.45, 7) is 2.02. The van der Waals surface area contributed by atoms with Gasteiger partial charge in [-0.05, 0) is 55.5 Å². The summed E-state index contributed by atoms with van der Waals surface area (Å²) in [5.41, 5.74) is 2.27. The minimum Gasteiger partial charge on any atom is -0.508 e. The number of fused-ring (bicyclic) bond motifs is 2. The van der Waals surface area contributed by atoms with E-state index in [-0.39, 0.29) is 17.6 Å². The van der Waals surface area contributed by atoms with Gasteiger partial charge in [0.05, 0.1) is 6.10 Å². The Kier molecular flexibility index (Phi) is 4.53. The molecule has 2 fully saturated rings. The summed E-state index contributed by atoms with van der Waals surface area (Å²) in [5.74, 6) is 0.299. The summed E-state index contributed by atoms with van der Waals surface area (Å²) in [5, 5.41) is 21.1. The van der Waals surface area contributed by atoms with Crippen molar-refractivity contribution in [3.8, 4) is 5.75 Å². The zero-order valence-electron chi connectivity index (χ0n) is 14.6. The fourth-order valence-electron chi connectivity index (χ4n) is 4.93. The maximum atomic E-state index is 11.2. The Bertz CT molecular complexity index is 717. The number of likely N-dealkylation sites (tertiary alicyclic amines) is 1. The predicted molar refractivity (Wildman–Crippen MR) is 99.8 cm³/mol. The number of piperidine rings is 1. The second kappa shape index (κ2) is 6.81. The zero-order valence-corrected chi connectivity index (χ0v) is 14.6. The molecule has 2 aromatic rings. The van der Waals surface area contributed by atoms with Crippen LogP contribution in [0.25, 0.3) is 0 Å². The molecule has 2 N–H and O–H groups in total. The average Bonchev–Trinajstić information content (AvgIpc) is 2.62. The number of nitrogens with zero attached hydrogens (tertiary/aromatic N) is 1. The lowest BCUT2D eigenvalue weighted by molar-refractivity contribution is -0.0761. The topological polar surface area (TPSA) is 43.7 Å². The Morgan fingerprint density at radius 3 is 2.68 bits per heavy atom. The van der Waals surface area contributed by atoms with E-state index in [1.54, 1.807) is 6.07 Å². The van der Waals surface area contributed by atoms with E-state index in [9.17, 15) is 10.2 Å². The third kappa shape index (κ3) is 3.07. The highest BCUT2D eigenvalue weighted by atomic mass is 16.3. The van der Waals surface area contributed by atoms with Gasteiger partial charge in [0.15, 0.2) is 0 Å². The SMILES string of the molecule is Oc1cccc([C@@]23CCC[C@H]([C@H]2O)N(CCc2ccccc2)CC3)c1. The van der Waals surface area contributed by atoms with Crippen LogP contribution in [0.4, 0.5) is 0 Å². The number of aliphatic hydroxyl groups excluding tert-OH is 1. The van der Waals surface area contributed by atoms with Crippen LogP contribution in [-0.2, 0) is 11.8 Å². The summed E-state index contributed by atoms with van der Waals surface area (Å²) in [7, 11) is 0. The van der Waals surface area contributed by atoms with E-state index in [0.717, 1.165) is 50.8 Å². The van der Waals surface area contributed by atoms with Crippen molar-refractivity contribution in [3.63, 3.8) is 0 Å². The summed E-state index contributed by atoms with van der Waals surface area (Å²) in [6, 6.07) is 18.4. The second-order valence-electron chi connectivity index (χ2n) is 7.63. The lowest BCUT2D eigenvalue weighted by atomic mass is 9.61. The molecule has 1 saturated heterocycles. The molecule has 0 amide bonds. The van der Waals surface area contributed by atoms with Crippen molar-refractivity contribution in [2.24, 2.45) is 0 Å². The van der Waals surface area contributed by atoms with Crippen LogP contribution in [0.3, 0.4) is 0 Å². The first-order chi connectivity index (χ1) is 12.2. The largest absolute Gasteiger partial charge is 0.508 e. The third-order valence-electron chi connectivity index (χ3n) is 6.32. The summed E-state index contributed by atoms with van der Waals surface area (Å²) < 4.78 is 0. The van der Waals surface area contributed by atoms with Gasteiger partial charge in [0.25, 0.3) is 0 Å². The van der Waals surface area contributed by atoms with Crippen molar-refractivity contribution >= 4 is 0 Å². The molecule has 4 rings (SSSR count). The molecule has 2 aliphatic rings. The molecular weight excluding hydrogens is 310 g/mol. The van der Waals surface area contributed by atoms with E-state index < -0.39 is 0 Å². The van der Waals surface area contributed by atoms with Crippen molar-refractivity contribution in [2.75, 3.05) is 13.1 Å². The molecule has 1 heterocycles. The fourth-order valence-corrected chi connectivity index (χ4v) is 4.93. The molecule has 3 heteroatoms. The molecule has 0 unspecified atom stereocenters. The maximum absolute atomic E-state index is 11.2. The number of hydrogen-bond donors (Lipinski definition) is 2. The highest BCUT2D eigenvalue weighted by molar-refractivity contribution is 5.36. The molecule has 132 valence electrons. The minimum atomic E-state index is -0.354. The number of phenols is 1. The van der Waals surface area contributed by atoms with Crippen molar-refractivity contribution < 1.29 is 10.2 Å². The molecule has 0 spiro atoms. The number of rotatable bonds is 4. The van der Waals surface area contributed by atoms with Crippen LogP contribution in [0, 0.1) is 0 Å². The Hall–Kier alpha value is -1.84. The lowest BCUT2D eigenvalue weighted by Gasteiger charge is -2.54. The lowest BCUT2D eigenvalue weighted by Crippen LogP contribution is -2.62. The van der Waals surface area contributed by atoms with Gasteiger partial charge in [-0.25, -0.2) is 0 Å². The standard InChI is InChI=1S/C22H27NO2/c24-19-9-4-8-18(16-19)22-12-5-10-20(21(22)25)23(15-13-22)14-11-17-6-2-1-3-7-17/h1-4,6-9,16,20-21,24-25H,5,10-15H2/t20-,21-,22+/m1/s1. The summed E-state index contributed by atoms with van der Waals surface area (Å²) >= 11 is 0. The molecular formula is C22H27NO2. The number of hydrogen-bond acceptors (Lipinski definition) is 3. The molecule has 2 bridgehead atoms. The fraction of sp³-hybridized carbons (Fsp3) is 0.455. The van der Waals surface area contributed by atoms with Crippen molar-refractivity contribution in [1.82, 2.24) is 4.90 Å². The van der Waals surface area contributed by atoms with Gasteiger partial charge in [-0.15, -0.1) is 0 Å². The van der Waals surface area contributed by atoms with Crippen LogP contribution in [0.15, 0.2) is 54.6 Å². The van der Waals surface area contributed by atoms with Gasteiger partial charge in [-0.2, -0.15) is 0 Å². The monoisotopic (exact) mass is 337 g/mol. The second-order valence-corrected chi connectivity index (χ2v) is 7.63. The summed E-state index contributed by atoms with van der Waals surface area (Å²) in [4.78, 5) is 2.48. The molecule has 1 aliphatic carbocycles. The van der Waals surface area contributed by atoms with Crippen molar-refractivity contribution in [2.45, 2.75) is 49.7 Å². The molecule has 1 aliphatic heterocycles. The van der Waals surface area contributed by atoms with Crippen LogP contribution >= 0.6 is 0 Å². The van der Waals surface area contributed by atoms with E-state index in [1.165, 1.54) is 5.56 Å².